The maximum atomic E-state index is 11.9. The van der Waals surface area contributed by atoms with E-state index in [9.17, 15) is 15.0 Å². The average molecular weight is 348 g/mol. The van der Waals surface area contributed by atoms with Crippen molar-refractivity contribution in [1.29, 1.82) is 0 Å². The first-order chi connectivity index (χ1) is 12.1. The Balaban J connectivity index is 2.26. The van der Waals surface area contributed by atoms with Crippen molar-refractivity contribution in [3.05, 3.63) is 29.8 Å². The summed E-state index contributed by atoms with van der Waals surface area (Å²) < 4.78 is 5.04. The molecule has 1 aromatic carbocycles. The zero-order valence-electron chi connectivity index (χ0n) is 15.5. The van der Waals surface area contributed by atoms with Gasteiger partial charge in [-0.25, -0.2) is 0 Å². The van der Waals surface area contributed by atoms with Gasteiger partial charge in [0.1, 0.15) is 5.78 Å². The van der Waals surface area contributed by atoms with Crippen LogP contribution in [0.1, 0.15) is 70.3 Å². The summed E-state index contributed by atoms with van der Waals surface area (Å²) in [5.41, 5.74) is 0.799. The summed E-state index contributed by atoms with van der Waals surface area (Å²) in [7, 11) is 1.49. The van der Waals surface area contributed by atoms with E-state index in [-0.39, 0.29) is 18.0 Å². The van der Waals surface area contributed by atoms with Crippen molar-refractivity contribution >= 4 is 11.9 Å². The van der Waals surface area contributed by atoms with E-state index in [4.69, 9.17) is 4.74 Å². The summed E-state index contributed by atoms with van der Waals surface area (Å²) >= 11 is 0. The number of ether oxygens (including phenoxy) is 1. The summed E-state index contributed by atoms with van der Waals surface area (Å²) in [5.74, 6) is 0.561. The summed E-state index contributed by atoms with van der Waals surface area (Å²) in [6.45, 7) is 2.20. The molecule has 0 bridgehead atoms. The number of unbranched alkanes of at least 4 members (excludes halogenated alkanes) is 6. The molecular weight excluding hydrogens is 316 g/mol. The highest BCUT2D eigenvalue weighted by Crippen LogP contribution is 2.26. The Bertz CT molecular complexity index is 537. The summed E-state index contributed by atoms with van der Waals surface area (Å²) in [6.07, 6.45) is 11.5. The molecule has 2 N–H and O–H groups in total. The molecule has 0 aliphatic carbocycles. The summed E-state index contributed by atoms with van der Waals surface area (Å²) in [4.78, 5) is 11.9. The highest BCUT2D eigenvalue weighted by molar-refractivity contribution is 5.79. The second-order valence-corrected chi connectivity index (χ2v) is 6.47. The van der Waals surface area contributed by atoms with Crippen molar-refractivity contribution in [2.75, 3.05) is 7.11 Å². The van der Waals surface area contributed by atoms with E-state index in [2.05, 4.69) is 6.92 Å². The van der Waals surface area contributed by atoms with E-state index in [0.717, 1.165) is 18.4 Å². The van der Waals surface area contributed by atoms with E-state index in [1.54, 1.807) is 24.3 Å². The lowest BCUT2D eigenvalue weighted by Gasteiger charge is -2.06. The second-order valence-electron chi connectivity index (χ2n) is 6.47. The lowest BCUT2D eigenvalue weighted by Crippen LogP contribution is -2.10. The highest BCUT2D eigenvalue weighted by atomic mass is 16.5. The number of ketones is 1. The van der Waals surface area contributed by atoms with Gasteiger partial charge in [0.05, 0.1) is 13.2 Å². The molecule has 0 aliphatic heterocycles. The van der Waals surface area contributed by atoms with Gasteiger partial charge >= 0.3 is 0 Å². The maximum absolute atomic E-state index is 11.9. The van der Waals surface area contributed by atoms with Gasteiger partial charge in [-0.3, -0.25) is 4.79 Å². The second kappa shape index (κ2) is 12.5. The molecule has 0 heterocycles. The lowest BCUT2D eigenvalue weighted by atomic mass is 10.0. The highest BCUT2D eigenvalue weighted by Gasteiger charge is 2.08. The predicted octanol–water partition coefficient (Wildman–Crippen LogP) is 4.87. The molecule has 1 aromatic rings. The zero-order valence-corrected chi connectivity index (χ0v) is 15.5. The molecule has 4 heteroatoms. The number of hydrogen-bond donors (Lipinski definition) is 2. The number of methoxy groups -OCH3 is 1. The van der Waals surface area contributed by atoms with Crippen molar-refractivity contribution in [3.63, 3.8) is 0 Å². The van der Waals surface area contributed by atoms with E-state index in [0.29, 0.717) is 12.2 Å². The van der Waals surface area contributed by atoms with Crippen molar-refractivity contribution < 1.29 is 19.7 Å². The van der Waals surface area contributed by atoms with Gasteiger partial charge in [-0.1, -0.05) is 63.7 Å². The molecule has 4 nitrogen and oxygen atoms in total. The minimum atomic E-state index is -0.781. The fourth-order valence-corrected chi connectivity index (χ4v) is 2.70. The molecule has 0 amide bonds. The number of phenolic OH excluding ortho intramolecular Hbond substituents is 1. The monoisotopic (exact) mass is 348 g/mol. The fourth-order valence-electron chi connectivity index (χ4n) is 2.70. The van der Waals surface area contributed by atoms with Crippen LogP contribution in [0.2, 0.25) is 0 Å². The van der Waals surface area contributed by atoms with Crippen LogP contribution in [-0.4, -0.2) is 29.2 Å². The fraction of sp³-hybridized carbons (Fsp3) is 0.571. The normalized spacial score (nSPS) is 12.4. The number of Topliss-reactive ketones (excluding diaryl/α,β-unsaturated/α-hetero) is 1. The quantitative estimate of drug-likeness (QED) is 0.499. The average Bonchev–Trinajstić information content (AvgIpc) is 2.60. The number of carbonyl (C=O) groups excluding carboxylic acids is 1. The van der Waals surface area contributed by atoms with Crippen LogP contribution in [0.15, 0.2) is 24.3 Å². The molecule has 0 saturated heterocycles. The van der Waals surface area contributed by atoms with Crippen LogP contribution in [0.4, 0.5) is 0 Å². The number of aliphatic hydroxyl groups excluding tert-OH is 1. The van der Waals surface area contributed by atoms with Gasteiger partial charge in [0, 0.05) is 12.8 Å². The van der Waals surface area contributed by atoms with Crippen LogP contribution in [-0.2, 0) is 4.79 Å². The van der Waals surface area contributed by atoms with Gasteiger partial charge < -0.3 is 14.9 Å². The number of carbonyl (C=O) groups is 1. The molecule has 0 aromatic heterocycles. The van der Waals surface area contributed by atoms with E-state index in [1.807, 2.05) is 0 Å². The first-order valence-corrected chi connectivity index (χ1v) is 9.31. The van der Waals surface area contributed by atoms with Crippen LogP contribution >= 0.6 is 0 Å². The van der Waals surface area contributed by atoms with Crippen LogP contribution in [0.5, 0.6) is 11.5 Å². The molecule has 0 saturated carbocycles. The Morgan fingerprint density at radius 3 is 2.52 bits per heavy atom. The van der Waals surface area contributed by atoms with Gasteiger partial charge in [0.2, 0.25) is 0 Å². The number of benzene rings is 1. The summed E-state index contributed by atoms with van der Waals surface area (Å²) in [5, 5.41) is 19.5. The Morgan fingerprint density at radius 2 is 1.84 bits per heavy atom. The van der Waals surface area contributed by atoms with Crippen molar-refractivity contribution in [1.82, 2.24) is 0 Å². The topological polar surface area (TPSA) is 66.8 Å². The molecule has 0 radical (unpaired) electrons. The molecule has 1 rings (SSSR count). The number of phenols is 1. The van der Waals surface area contributed by atoms with Crippen molar-refractivity contribution in [2.24, 2.45) is 0 Å². The van der Waals surface area contributed by atoms with Gasteiger partial charge in [-0.05, 0) is 24.1 Å². The third-order valence-electron chi connectivity index (χ3n) is 4.21. The molecule has 0 aliphatic rings. The molecule has 0 fully saturated rings. The number of aliphatic hydroxyl groups is 1. The number of hydrogen-bond acceptors (Lipinski definition) is 4. The predicted molar refractivity (Wildman–Crippen MR) is 102 cm³/mol. The SMILES string of the molecule is CCCCCCCCCC(=O)CC(O)C=Cc1ccc(O)c(OC)c1. The molecular formula is C21H32O4. The Kier molecular flexibility index (Phi) is 10.6. The van der Waals surface area contributed by atoms with Crippen molar-refractivity contribution in [3.8, 4) is 11.5 Å². The zero-order chi connectivity index (χ0) is 18.5. The molecule has 0 spiro atoms. The van der Waals surface area contributed by atoms with Gasteiger partial charge in [-0.15, -0.1) is 0 Å². The molecule has 25 heavy (non-hydrogen) atoms. The van der Waals surface area contributed by atoms with Gasteiger partial charge in [0.25, 0.3) is 0 Å². The standard InChI is InChI=1S/C21H32O4/c1-3-4-5-6-7-8-9-10-18(22)16-19(23)13-11-17-12-14-20(24)21(15-17)25-2/h11-15,19,23-24H,3-10,16H2,1-2H3. The van der Waals surface area contributed by atoms with E-state index < -0.39 is 6.10 Å². The smallest absolute Gasteiger partial charge is 0.161 e. The third-order valence-corrected chi connectivity index (χ3v) is 4.21. The van der Waals surface area contributed by atoms with Crippen LogP contribution in [0.3, 0.4) is 0 Å². The largest absolute Gasteiger partial charge is 0.504 e. The summed E-state index contributed by atoms with van der Waals surface area (Å²) in [6, 6.07) is 4.94. The minimum Gasteiger partial charge on any atom is -0.504 e. The van der Waals surface area contributed by atoms with Crippen LogP contribution in [0.25, 0.3) is 6.08 Å². The minimum absolute atomic E-state index is 0.0741. The van der Waals surface area contributed by atoms with E-state index >= 15 is 0 Å². The Hall–Kier alpha value is -1.81. The number of rotatable bonds is 13. The van der Waals surface area contributed by atoms with E-state index in [1.165, 1.54) is 45.3 Å². The van der Waals surface area contributed by atoms with Crippen LogP contribution < -0.4 is 4.74 Å². The molecule has 1 atom stereocenters. The van der Waals surface area contributed by atoms with Crippen LogP contribution in [0, 0.1) is 0 Å². The Labute approximate surface area is 151 Å². The lowest BCUT2D eigenvalue weighted by molar-refractivity contribution is -0.120. The maximum Gasteiger partial charge on any atom is 0.161 e. The van der Waals surface area contributed by atoms with Gasteiger partial charge in [-0.2, -0.15) is 0 Å². The van der Waals surface area contributed by atoms with Crippen molar-refractivity contribution in [2.45, 2.75) is 70.8 Å². The first-order valence-electron chi connectivity index (χ1n) is 9.31. The van der Waals surface area contributed by atoms with Gasteiger partial charge in [0.15, 0.2) is 11.5 Å². The third kappa shape index (κ3) is 9.30. The number of aromatic hydroxyl groups is 1. The molecule has 140 valence electrons. The molecule has 1 unspecified atom stereocenters. The first kappa shape index (κ1) is 21.2. The Morgan fingerprint density at radius 1 is 1.16 bits per heavy atom.